The van der Waals surface area contributed by atoms with Crippen LogP contribution >= 0.6 is 0 Å². The Morgan fingerprint density at radius 2 is 1.20 bits per heavy atom. The van der Waals surface area contributed by atoms with Gasteiger partial charge in [-0.3, -0.25) is 14.9 Å². The summed E-state index contributed by atoms with van der Waals surface area (Å²) in [6.07, 6.45) is 3.27. The van der Waals surface area contributed by atoms with Crippen LogP contribution in [0.5, 0.6) is 0 Å². The minimum Gasteiger partial charge on any atom is -0.383 e. The van der Waals surface area contributed by atoms with Crippen molar-refractivity contribution in [2.75, 3.05) is 28.2 Å². The van der Waals surface area contributed by atoms with Crippen molar-refractivity contribution >= 4 is 11.8 Å². The molecule has 0 aromatic heterocycles. The van der Waals surface area contributed by atoms with Gasteiger partial charge in [-0.15, -0.1) is 0 Å². The van der Waals surface area contributed by atoms with E-state index < -0.39 is 0 Å². The molecule has 5 heteroatoms. The molecule has 1 N–H and O–H groups in total. The molecule has 1 fully saturated rings. The van der Waals surface area contributed by atoms with E-state index in [-0.39, 0.29) is 11.8 Å². The van der Waals surface area contributed by atoms with Crippen molar-refractivity contribution < 1.29 is 9.59 Å². The van der Waals surface area contributed by atoms with E-state index in [0.29, 0.717) is 11.1 Å². The molecule has 0 radical (unpaired) electrons. The molecule has 1 aliphatic heterocycles. The SMILES string of the molecule is CN(C)C=C1C(=O)NC(=O)C1=CN(C)C. The molecule has 0 unspecified atom stereocenters. The predicted octanol–water partition coefficient (Wildman–Crippen LogP) is -0.466. The maximum absolute atomic E-state index is 11.4. The van der Waals surface area contributed by atoms with Gasteiger partial charge in [0.1, 0.15) is 0 Å². The van der Waals surface area contributed by atoms with Crippen molar-refractivity contribution in [1.29, 1.82) is 0 Å². The Bertz CT molecular complexity index is 320. The monoisotopic (exact) mass is 209 g/mol. The van der Waals surface area contributed by atoms with Crippen LogP contribution in [0.3, 0.4) is 0 Å². The fraction of sp³-hybridized carbons (Fsp3) is 0.400. The maximum Gasteiger partial charge on any atom is 0.260 e. The second kappa shape index (κ2) is 4.16. The third-order valence-corrected chi connectivity index (χ3v) is 1.78. The zero-order valence-corrected chi connectivity index (χ0v) is 9.37. The third-order valence-electron chi connectivity index (χ3n) is 1.78. The predicted molar refractivity (Wildman–Crippen MR) is 56.7 cm³/mol. The molecule has 0 saturated carbocycles. The van der Waals surface area contributed by atoms with Crippen molar-refractivity contribution in [1.82, 2.24) is 15.1 Å². The number of imide groups is 1. The van der Waals surface area contributed by atoms with Crippen LogP contribution in [0.1, 0.15) is 0 Å². The maximum atomic E-state index is 11.4. The lowest BCUT2D eigenvalue weighted by molar-refractivity contribution is -0.123. The number of carbonyl (C=O) groups is 2. The first-order valence-corrected chi connectivity index (χ1v) is 4.54. The molecule has 0 bridgehead atoms. The summed E-state index contributed by atoms with van der Waals surface area (Å²) in [4.78, 5) is 26.3. The molecule has 1 aliphatic rings. The summed E-state index contributed by atoms with van der Waals surface area (Å²) in [5.74, 6) is -0.691. The summed E-state index contributed by atoms with van der Waals surface area (Å²) in [6, 6.07) is 0. The first-order chi connectivity index (χ1) is 6.91. The Labute approximate surface area is 89.0 Å². The second-order valence-corrected chi connectivity index (χ2v) is 3.80. The van der Waals surface area contributed by atoms with E-state index in [9.17, 15) is 9.59 Å². The molecule has 1 heterocycles. The van der Waals surface area contributed by atoms with Crippen LogP contribution in [-0.2, 0) is 9.59 Å². The van der Waals surface area contributed by atoms with Gasteiger partial charge in [-0.25, -0.2) is 0 Å². The average molecular weight is 209 g/mol. The molecule has 1 rings (SSSR count). The van der Waals surface area contributed by atoms with Crippen molar-refractivity contribution in [3.8, 4) is 0 Å². The number of nitrogens with zero attached hydrogens (tertiary/aromatic N) is 2. The number of rotatable bonds is 2. The number of amides is 2. The third kappa shape index (κ3) is 2.59. The quantitative estimate of drug-likeness (QED) is 0.493. The zero-order valence-electron chi connectivity index (χ0n) is 9.37. The van der Waals surface area contributed by atoms with Crippen LogP contribution in [0.15, 0.2) is 23.5 Å². The average Bonchev–Trinajstić information content (AvgIpc) is 2.30. The Morgan fingerprint density at radius 3 is 1.47 bits per heavy atom. The van der Waals surface area contributed by atoms with Crippen molar-refractivity contribution in [2.24, 2.45) is 0 Å². The fourth-order valence-corrected chi connectivity index (χ4v) is 1.26. The van der Waals surface area contributed by atoms with Crippen LogP contribution in [-0.4, -0.2) is 49.8 Å². The van der Waals surface area contributed by atoms with Crippen LogP contribution < -0.4 is 5.32 Å². The Morgan fingerprint density at radius 1 is 0.867 bits per heavy atom. The normalized spacial score (nSPS) is 21.1. The van der Waals surface area contributed by atoms with Crippen molar-refractivity contribution in [3.05, 3.63) is 23.5 Å². The first-order valence-electron chi connectivity index (χ1n) is 4.54. The van der Waals surface area contributed by atoms with Gasteiger partial charge in [0.15, 0.2) is 0 Å². The second-order valence-electron chi connectivity index (χ2n) is 3.80. The minimum atomic E-state index is -0.346. The smallest absolute Gasteiger partial charge is 0.260 e. The molecule has 5 nitrogen and oxygen atoms in total. The van der Waals surface area contributed by atoms with Gasteiger partial charge in [0.2, 0.25) is 0 Å². The first kappa shape index (κ1) is 11.3. The van der Waals surface area contributed by atoms with Gasteiger partial charge in [0.25, 0.3) is 11.8 Å². The van der Waals surface area contributed by atoms with Crippen LogP contribution in [0.4, 0.5) is 0 Å². The van der Waals surface area contributed by atoms with E-state index in [4.69, 9.17) is 0 Å². The molecule has 82 valence electrons. The Balaban J connectivity index is 3.12. The molecule has 0 aromatic carbocycles. The summed E-state index contributed by atoms with van der Waals surface area (Å²) >= 11 is 0. The van der Waals surface area contributed by atoms with Crippen LogP contribution in [0.2, 0.25) is 0 Å². The van der Waals surface area contributed by atoms with E-state index in [0.717, 1.165) is 0 Å². The summed E-state index contributed by atoms with van der Waals surface area (Å²) in [5.41, 5.74) is 0.803. The standard InChI is InChI=1S/C10H15N3O2/c1-12(2)5-7-8(6-13(3)4)10(15)11-9(7)14/h5-6H,1-4H3,(H,11,14,15). The van der Waals surface area contributed by atoms with Crippen molar-refractivity contribution in [3.63, 3.8) is 0 Å². The van der Waals surface area contributed by atoms with Crippen LogP contribution in [0.25, 0.3) is 0 Å². The lowest BCUT2D eigenvalue weighted by atomic mass is 10.1. The molecular formula is C10H15N3O2. The molecule has 15 heavy (non-hydrogen) atoms. The summed E-state index contributed by atoms with van der Waals surface area (Å²) < 4.78 is 0. The van der Waals surface area contributed by atoms with Gasteiger partial charge in [-0.1, -0.05) is 0 Å². The van der Waals surface area contributed by atoms with Gasteiger partial charge < -0.3 is 9.80 Å². The van der Waals surface area contributed by atoms with E-state index in [1.165, 1.54) is 0 Å². The Hall–Kier alpha value is -1.78. The topological polar surface area (TPSA) is 52.7 Å². The van der Waals surface area contributed by atoms with Gasteiger partial charge >= 0.3 is 0 Å². The lowest BCUT2D eigenvalue weighted by Crippen LogP contribution is -2.20. The highest BCUT2D eigenvalue weighted by Gasteiger charge is 2.30. The number of hydrogen-bond acceptors (Lipinski definition) is 4. The molecule has 2 amide bonds. The number of nitrogens with one attached hydrogen (secondary N) is 1. The van der Waals surface area contributed by atoms with E-state index in [1.54, 1.807) is 50.4 Å². The minimum absolute atomic E-state index is 0.346. The molecule has 0 aromatic rings. The zero-order chi connectivity index (χ0) is 11.6. The summed E-state index contributed by atoms with van der Waals surface area (Å²) in [7, 11) is 7.21. The molecular weight excluding hydrogens is 194 g/mol. The van der Waals surface area contributed by atoms with E-state index >= 15 is 0 Å². The molecule has 1 saturated heterocycles. The fourth-order valence-electron chi connectivity index (χ4n) is 1.26. The van der Waals surface area contributed by atoms with Gasteiger partial charge in [0.05, 0.1) is 11.1 Å². The van der Waals surface area contributed by atoms with Gasteiger partial charge in [-0.05, 0) is 0 Å². The molecule has 0 atom stereocenters. The highest BCUT2D eigenvalue weighted by Crippen LogP contribution is 2.17. The highest BCUT2D eigenvalue weighted by molar-refractivity contribution is 6.24. The van der Waals surface area contributed by atoms with Gasteiger partial charge in [0, 0.05) is 40.6 Å². The molecule has 0 spiro atoms. The van der Waals surface area contributed by atoms with Crippen LogP contribution in [0, 0.1) is 0 Å². The summed E-state index contributed by atoms with van der Waals surface area (Å²) in [6.45, 7) is 0. The molecule has 0 aliphatic carbocycles. The number of hydrogen-bond donors (Lipinski definition) is 1. The lowest BCUT2D eigenvalue weighted by Gasteiger charge is -2.08. The van der Waals surface area contributed by atoms with E-state index in [1.807, 2.05) is 0 Å². The number of carbonyl (C=O) groups excluding carboxylic acids is 2. The highest BCUT2D eigenvalue weighted by atomic mass is 16.2. The summed E-state index contributed by atoms with van der Waals surface area (Å²) in [5, 5.41) is 2.26. The van der Waals surface area contributed by atoms with E-state index in [2.05, 4.69) is 5.32 Å². The van der Waals surface area contributed by atoms with Crippen molar-refractivity contribution in [2.45, 2.75) is 0 Å². The largest absolute Gasteiger partial charge is 0.383 e. The Kier molecular flexibility index (Phi) is 3.14. The van der Waals surface area contributed by atoms with Gasteiger partial charge in [-0.2, -0.15) is 0 Å².